The van der Waals surface area contributed by atoms with Crippen LogP contribution in [0, 0.1) is 5.82 Å². The van der Waals surface area contributed by atoms with Gasteiger partial charge in [-0.3, -0.25) is 9.69 Å². The number of nitrogens with zero attached hydrogens (tertiary/aromatic N) is 1. The number of methoxy groups -OCH3 is 1. The van der Waals surface area contributed by atoms with Gasteiger partial charge in [-0.25, -0.2) is 4.39 Å². The highest BCUT2D eigenvalue weighted by Gasteiger charge is 2.13. The normalized spacial score (nSPS) is 10.9. The fraction of sp³-hybridized carbons (Fsp3) is 0.417. The number of ether oxygens (including phenoxy) is 1. The van der Waals surface area contributed by atoms with Crippen LogP contribution in [0.4, 0.5) is 4.39 Å². The zero-order valence-corrected chi connectivity index (χ0v) is 10.8. The first-order valence-electron chi connectivity index (χ1n) is 5.40. The summed E-state index contributed by atoms with van der Waals surface area (Å²) < 4.78 is 18.2. The third-order valence-electron chi connectivity index (χ3n) is 2.40. The summed E-state index contributed by atoms with van der Waals surface area (Å²) in [4.78, 5) is 12.4. The van der Waals surface area contributed by atoms with Gasteiger partial charge in [-0.15, -0.1) is 0 Å². The average molecular weight is 276 g/mol. The minimum absolute atomic E-state index is 0.0327. The summed E-state index contributed by atoms with van der Waals surface area (Å²) in [5.41, 5.74) is 0.564. The first-order chi connectivity index (χ1) is 8.54. The molecule has 0 amide bonds. The number of hydrogen-bond donors (Lipinski definition) is 1. The van der Waals surface area contributed by atoms with Crippen molar-refractivity contribution in [3.05, 3.63) is 34.6 Å². The Kier molecular flexibility index (Phi) is 6.04. The Morgan fingerprint density at radius 2 is 2.28 bits per heavy atom. The van der Waals surface area contributed by atoms with Crippen molar-refractivity contribution in [2.24, 2.45) is 0 Å². The van der Waals surface area contributed by atoms with Gasteiger partial charge in [-0.1, -0.05) is 23.7 Å². The summed E-state index contributed by atoms with van der Waals surface area (Å²) in [5.74, 6) is -1.45. The van der Waals surface area contributed by atoms with E-state index in [0.717, 1.165) is 0 Å². The fourth-order valence-electron chi connectivity index (χ4n) is 1.54. The molecule has 0 saturated heterocycles. The van der Waals surface area contributed by atoms with Crippen molar-refractivity contribution >= 4 is 17.6 Å². The van der Waals surface area contributed by atoms with Crippen LogP contribution in [-0.4, -0.2) is 42.8 Å². The molecule has 0 unspecified atom stereocenters. The maximum absolute atomic E-state index is 13.3. The third kappa shape index (κ3) is 4.60. The largest absolute Gasteiger partial charge is 0.480 e. The molecule has 0 bridgehead atoms. The summed E-state index contributed by atoms with van der Waals surface area (Å²) >= 11 is 5.83. The number of halogens is 2. The molecule has 0 aliphatic heterocycles. The summed E-state index contributed by atoms with van der Waals surface area (Å²) in [6.45, 7) is 0.971. The van der Waals surface area contributed by atoms with E-state index in [9.17, 15) is 9.18 Å². The molecule has 0 aliphatic rings. The van der Waals surface area contributed by atoms with Crippen molar-refractivity contribution in [1.29, 1.82) is 0 Å². The highest BCUT2D eigenvalue weighted by Crippen LogP contribution is 2.20. The van der Waals surface area contributed by atoms with E-state index in [2.05, 4.69) is 0 Å². The first kappa shape index (κ1) is 14.9. The zero-order valence-electron chi connectivity index (χ0n) is 10.0. The summed E-state index contributed by atoms with van der Waals surface area (Å²) in [6.07, 6.45) is 0. The Bertz CT molecular complexity index is 414. The number of aliphatic carboxylic acids is 1. The van der Waals surface area contributed by atoms with Crippen molar-refractivity contribution in [1.82, 2.24) is 4.90 Å². The number of hydrogen-bond acceptors (Lipinski definition) is 3. The van der Waals surface area contributed by atoms with Crippen LogP contribution in [0.5, 0.6) is 0 Å². The smallest absolute Gasteiger partial charge is 0.317 e. The van der Waals surface area contributed by atoms with E-state index in [1.54, 1.807) is 17.0 Å². The molecule has 1 N–H and O–H groups in total. The predicted octanol–water partition coefficient (Wildman–Crippen LogP) is 2.01. The predicted molar refractivity (Wildman–Crippen MR) is 66.2 cm³/mol. The maximum Gasteiger partial charge on any atom is 0.317 e. The Hall–Kier alpha value is -1.17. The van der Waals surface area contributed by atoms with Gasteiger partial charge in [0.1, 0.15) is 5.82 Å². The number of carboxylic acids is 1. The van der Waals surface area contributed by atoms with E-state index >= 15 is 0 Å². The fourth-order valence-corrected chi connectivity index (χ4v) is 1.72. The van der Waals surface area contributed by atoms with Gasteiger partial charge < -0.3 is 9.84 Å². The second-order valence-electron chi connectivity index (χ2n) is 3.81. The molecule has 0 saturated carbocycles. The first-order valence-corrected chi connectivity index (χ1v) is 5.78. The summed E-state index contributed by atoms with van der Waals surface area (Å²) in [6, 6.07) is 4.49. The topological polar surface area (TPSA) is 49.8 Å². The molecule has 4 nitrogen and oxygen atoms in total. The molecular weight excluding hydrogens is 261 g/mol. The van der Waals surface area contributed by atoms with Gasteiger partial charge in [0.05, 0.1) is 18.2 Å². The van der Waals surface area contributed by atoms with Crippen LogP contribution in [0.3, 0.4) is 0 Å². The average Bonchev–Trinajstić information content (AvgIpc) is 2.31. The van der Waals surface area contributed by atoms with Crippen LogP contribution in [0.25, 0.3) is 0 Å². The number of carboxylic acid groups (broad SMARTS) is 1. The van der Waals surface area contributed by atoms with Crippen LogP contribution < -0.4 is 0 Å². The molecule has 0 aromatic heterocycles. The molecule has 1 rings (SSSR count). The Morgan fingerprint density at radius 1 is 1.56 bits per heavy atom. The number of carbonyl (C=O) groups is 1. The number of benzene rings is 1. The van der Waals surface area contributed by atoms with Crippen LogP contribution in [0.2, 0.25) is 5.02 Å². The summed E-state index contributed by atoms with van der Waals surface area (Å²) in [7, 11) is 1.54. The van der Waals surface area contributed by atoms with Crippen molar-refractivity contribution in [3.8, 4) is 0 Å². The van der Waals surface area contributed by atoms with Gasteiger partial charge in [-0.2, -0.15) is 0 Å². The Balaban J connectivity index is 2.75. The molecule has 0 heterocycles. The van der Waals surface area contributed by atoms with Crippen LogP contribution >= 0.6 is 11.6 Å². The molecule has 1 aromatic rings. The van der Waals surface area contributed by atoms with Crippen molar-refractivity contribution in [2.75, 3.05) is 26.8 Å². The minimum Gasteiger partial charge on any atom is -0.480 e. The highest BCUT2D eigenvalue weighted by atomic mass is 35.5. The lowest BCUT2D eigenvalue weighted by atomic mass is 10.2. The maximum atomic E-state index is 13.3. The lowest BCUT2D eigenvalue weighted by molar-refractivity contribution is -0.138. The van der Waals surface area contributed by atoms with Crippen molar-refractivity contribution < 1.29 is 19.0 Å². The minimum atomic E-state index is -0.946. The molecule has 0 fully saturated rings. The zero-order chi connectivity index (χ0) is 13.5. The third-order valence-corrected chi connectivity index (χ3v) is 2.82. The molecule has 1 aromatic carbocycles. The van der Waals surface area contributed by atoms with E-state index in [-0.39, 0.29) is 18.1 Å². The monoisotopic (exact) mass is 275 g/mol. The molecule has 0 atom stereocenters. The lowest BCUT2D eigenvalue weighted by Gasteiger charge is -2.20. The molecule has 6 heteroatoms. The van der Waals surface area contributed by atoms with Crippen molar-refractivity contribution in [3.63, 3.8) is 0 Å². The van der Waals surface area contributed by atoms with E-state index in [1.165, 1.54) is 13.2 Å². The Labute approximate surface area is 110 Å². The van der Waals surface area contributed by atoms with Gasteiger partial charge in [-0.05, 0) is 11.6 Å². The molecule has 18 heavy (non-hydrogen) atoms. The second kappa shape index (κ2) is 7.31. The molecule has 100 valence electrons. The van der Waals surface area contributed by atoms with E-state index in [1.807, 2.05) is 0 Å². The van der Waals surface area contributed by atoms with Gasteiger partial charge in [0.2, 0.25) is 0 Å². The standard InChI is InChI=1S/C12H15ClFNO3/c1-18-6-5-15(8-11(16)17)7-9-3-2-4-10(14)12(9)13/h2-4H,5-8H2,1H3,(H,16,17). The van der Waals surface area contributed by atoms with Gasteiger partial charge >= 0.3 is 5.97 Å². The van der Waals surface area contributed by atoms with Crippen LogP contribution in [0.1, 0.15) is 5.56 Å². The van der Waals surface area contributed by atoms with Crippen LogP contribution in [-0.2, 0) is 16.1 Å². The van der Waals surface area contributed by atoms with Crippen LogP contribution in [0.15, 0.2) is 18.2 Å². The van der Waals surface area contributed by atoms with Gasteiger partial charge in [0, 0.05) is 20.2 Å². The van der Waals surface area contributed by atoms with E-state index < -0.39 is 11.8 Å². The molecule has 0 aliphatic carbocycles. The quantitative estimate of drug-likeness (QED) is 0.827. The van der Waals surface area contributed by atoms with Gasteiger partial charge in [0.25, 0.3) is 0 Å². The SMILES string of the molecule is COCCN(CC(=O)O)Cc1cccc(F)c1Cl. The highest BCUT2D eigenvalue weighted by molar-refractivity contribution is 6.31. The van der Waals surface area contributed by atoms with E-state index in [0.29, 0.717) is 18.7 Å². The Morgan fingerprint density at radius 3 is 2.89 bits per heavy atom. The lowest BCUT2D eigenvalue weighted by Crippen LogP contribution is -2.32. The van der Waals surface area contributed by atoms with Crippen molar-refractivity contribution in [2.45, 2.75) is 6.54 Å². The summed E-state index contributed by atoms with van der Waals surface area (Å²) in [5, 5.41) is 8.83. The van der Waals surface area contributed by atoms with Gasteiger partial charge in [0.15, 0.2) is 0 Å². The molecule has 0 spiro atoms. The molecule has 0 radical (unpaired) electrons. The second-order valence-corrected chi connectivity index (χ2v) is 4.19. The number of rotatable bonds is 7. The van der Waals surface area contributed by atoms with E-state index in [4.69, 9.17) is 21.4 Å². The molecular formula is C12H15ClFNO3.